The fraction of sp³-hybridized carbons (Fsp3) is 0.400. The molecule has 0 amide bonds. The van der Waals surface area contributed by atoms with Crippen LogP contribution in [0.15, 0.2) is 30.3 Å². The average Bonchev–Trinajstić information content (AvgIpc) is 2.47. The Morgan fingerprint density at radius 3 is 2.84 bits per heavy atom. The standard InChI is InChI=1S/C15H20N2O2/c1-3-13(10-18)16-9-12-8-11-6-4-5-7-14(11)17-15(12)19-2/h4-8,13,16,18H,3,9-10H2,1-2H3/t13-/m0/s1. The average molecular weight is 260 g/mol. The van der Waals surface area contributed by atoms with Gasteiger partial charge in [-0.2, -0.15) is 0 Å². The van der Waals surface area contributed by atoms with E-state index in [0.29, 0.717) is 12.4 Å². The number of aliphatic hydroxyl groups excluding tert-OH is 1. The number of aliphatic hydroxyl groups is 1. The maximum absolute atomic E-state index is 9.19. The van der Waals surface area contributed by atoms with E-state index in [0.717, 1.165) is 22.9 Å². The van der Waals surface area contributed by atoms with Crippen LogP contribution in [0.3, 0.4) is 0 Å². The van der Waals surface area contributed by atoms with Gasteiger partial charge in [-0.3, -0.25) is 0 Å². The van der Waals surface area contributed by atoms with Crippen LogP contribution in [0.4, 0.5) is 0 Å². The molecule has 4 nitrogen and oxygen atoms in total. The predicted octanol–water partition coefficient (Wildman–Crippen LogP) is 2.10. The Labute approximate surface area is 113 Å². The molecule has 2 N–H and O–H groups in total. The van der Waals surface area contributed by atoms with E-state index < -0.39 is 0 Å². The minimum atomic E-state index is 0.108. The van der Waals surface area contributed by atoms with Gasteiger partial charge < -0.3 is 15.2 Å². The van der Waals surface area contributed by atoms with E-state index in [9.17, 15) is 5.11 Å². The molecular formula is C15H20N2O2. The molecule has 0 radical (unpaired) electrons. The van der Waals surface area contributed by atoms with Gasteiger partial charge in [-0.15, -0.1) is 0 Å². The van der Waals surface area contributed by atoms with Gasteiger partial charge in [-0.05, 0) is 18.6 Å². The second-order valence-electron chi connectivity index (χ2n) is 4.52. The van der Waals surface area contributed by atoms with Gasteiger partial charge in [0.05, 0.1) is 19.2 Å². The van der Waals surface area contributed by atoms with Crippen molar-refractivity contribution >= 4 is 10.9 Å². The number of aromatic nitrogens is 1. The van der Waals surface area contributed by atoms with Crippen LogP contribution < -0.4 is 10.1 Å². The van der Waals surface area contributed by atoms with Crippen LogP contribution in [0.25, 0.3) is 10.9 Å². The van der Waals surface area contributed by atoms with Gasteiger partial charge in [-0.25, -0.2) is 4.98 Å². The summed E-state index contributed by atoms with van der Waals surface area (Å²) in [6.07, 6.45) is 0.889. The van der Waals surface area contributed by atoms with Crippen LogP contribution in [0.2, 0.25) is 0 Å². The van der Waals surface area contributed by atoms with Crippen molar-refractivity contribution in [1.29, 1.82) is 0 Å². The molecule has 1 atom stereocenters. The number of fused-ring (bicyclic) bond motifs is 1. The largest absolute Gasteiger partial charge is 0.481 e. The zero-order valence-electron chi connectivity index (χ0n) is 11.4. The van der Waals surface area contributed by atoms with Crippen molar-refractivity contribution in [2.75, 3.05) is 13.7 Å². The minimum absolute atomic E-state index is 0.108. The first-order valence-corrected chi connectivity index (χ1v) is 6.55. The summed E-state index contributed by atoms with van der Waals surface area (Å²) in [7, 11) is 1.63. The normalized spacial score (nSPS) is 12.6. The molecule has 0 fully saturated rings. The quantitative estimate of drug-likeness (QED) is 0.835. The highest BCUT2D eigenvalue weighted by atomic mass is 16.5. The lowest BCUT2D eigenvalue weighted by Crippen LogP contribution is -2.31. The molecule has 0 saturated carbocycles. The second-order valence-corrected chi connectivity index (χ2v) is 4.52. The molecule has 0 spiro atoms. The Morgan fingerprint density at radius 1 is 1.37 bits per heavy atom. The first-order valence-electron chi connectivity index (χ1n) is 6.55. The number of hydrogen-bond acceptors (Lipinski definition) is 4. The zero-order chi connectivity index (χ0) is 13.7. The van der Waals surface area contributed by atoms with Gasteiger partial charge in [-0.1, -0.05) is 25.1 Å². The van der Waals surface area contributed by atoms with E-state index in [1.54, 1.807) is 7.11 Å². The molecule has 19 heavy (non-hydrogen) atoms. The SMILES string of the molecule is CC[C@@H](CO)NCc1cc2ccccc2nc1OC. The number of benzene rings is 1. The third-order valence-corrected chi connectivity index (χ3v) is 3.25. The summed E-state index contributed by atoms with van der Waals surface area (Å²) in [5.74, 6) is 0.638. The highest BCUT2D eigenvalue weighted by molar-refractivity contribution is 5.80. The van der Waals surface area contributed by atoms with Crippen molar-refractivity contribution in [3.05, 3.63) is 35.9 Å². The molecule has 0 aliphatic carbocycles. The van der Waals surface area contributed by atoms with Crippen molar-refractivity contribution in [3.8, 4) is 5.88 Å². The molecule has 0 bridgehead atoms. The van der Waals surface area contributed by atoms with E-state index in [1.165, 1.54) is 0 Å². The Balaban J connectivity index is 2.25. The molecule has 0 unspecified atom stereocenters. The number of para-hydroxylation sites is 1. The van der Waals surface area contributed by atoms with Crippen LogP contribution in [0, 0.1) is 0 Å². The third-order valence-electron chi connectivity index (χ3n) is 3.25. The molecule has 0 saturated heterocycles. The lowest BCUT2D eigenvalue weighted by molar-refractivity contribution is 0.237. The van der Waals surface area contributed by atoms with Crippen molar-refractivity contribution in [2.45, 2.75) is 25.9 Å². The molecule has 102 valence electrons. The Bertz CT molecular complexity index is 539. The van der Waals surface area contributed by atoms with E-state index in [1.807, 2.05) is 31.2 Å². The Hall–Kier alpha value is -1.65. The summed E-state index contributed by atoms with van der Waals surface area (Å²) in [4.78, 5) is 4.50. The van der Waals surface area contributed by atoms with Gasteiger partial charge >= 0.3 is 0 Å². The smallest absolute Gasteiger partial charge is 0.218 e. The number of hydrogen-bond donors (Lipinski definition) is 2. The lowest BCUT2D eigenvalue weighted by Gasteiger charge is -2.15. The highest BCUT2D eigenvalue weighted by Crippen LogP contribution is 2.22. The molecule has 0 aliphatic heterocycles. The van der Waals surface area contributed by atoms with Gasteiger partial charge in [0.2, 0.25) is 5.88 Å². The molecule has 1 aromatic heterocycles. The number of methoxy groups -OCH3 is 1. The summed E-state index contributed by atoms with van der Waals surface area (Å²) < 4.78 is 5.34. The molecule has 2 rings (SSSR count). The Kier molecular flexibility index (Phi) is 4.71. The maximum Gasteiger partial charge on any atom is 0.218 e. The highest BCUT2D eigenvalue weighted by Gasteiger charge is 2.09. The number of nitrogens with zero attached hydrogens (tertiary/aromatic N) is 1. The Morgan fingerprint density at radius 2 is 2.16 bits per heavy atom. The lowest BCUT2D eigenvalue weighted by atomic mass is 10.1. The number of pyridine rings is 1. The fourth-order valence-electron chi connectivity index (χ4n) is 2.04. The fourth-order valence-corrected chi connectivity index (χ4v) is 2.04. The minimum Gasteiger partial charge on any atom is -0.481 e. The van der Waals surface area contributed by atoms with Crippen molar-refractivity contribution in [1.82, 2.24) is 10.3 Å². The number of ether oxygens (including phenoxy) is 1. The predicted molar refractivity (Wildman–Crippen MR) is 76.3 cm³/mol. The summed E-state index contributed by atoms with van der Waals surface area (Å²) in [6, 6.07) is 10.2. The topological polar surface area (TPSA) is 54.4 Å². The second kappa shape index (κ2) is 6.50. The summed E-state index contributed by atoms with van der Waals surface area (Å²) in [5.41, 5.74) is 1.94. The summed E-state index contributed by atoms with van der Waals surface area (Å²) in [5, 5.41) is 13.6. The zero-order valence-corrected chi connectivity index (χ0v) is 11.4. The monoisotopic (exact) mass is 260 g/mol. The van der Waals surface area contributed by atoms with Crippen LogP contribution in [0.5, 0.6) is 5.88 Å². The van der Waals surface area contributed by atoms with E-state index in [-0.39, 0.29) is 12.6 Å². The maximum atomic E-state index is 9.19. The van der Waals surface area contributed by atoms with Gasteiger partial charge in [0.15, 0.2) is 0 Å². The first kappa shape index (κ1) is 13.8. The molecule has 2 aromatic rings. The van der Waals surface area contributed by atoms with Crippen molar-refractivity contribution in [3.63, 3.8) is 0 Å². The van der Waals surface area contributed by atoms with Crippen LogP contribution in [-0.2, 0) is 6.54 Å². The van der Waals surface area contributed by atoms with Gasteiger partial charge in [0.25, 0.3) is 0 Å². The third kappa shape index (κ3) is 3.22. The summed E-state index contributed by atoms with van der Waals surface area (Å²) in [6.45, 7) is 2.82. The van der Waals surface area contributed by atoms with Crippen molar-refractivity contribution < 1.29 is 9.84 Å². The van der Waals surface area contributed by atoms with Crippen LogP contribution >= 0.6 is 0 Å². The van der Waals surface area contributed by atoms with Gasteiger partial charge in [0.1, 0.15) is 0 Å². The van der Waals surface area contributed by atoms with Crippen LogP contribution in [-0.4, -0.2) is 29.8 Å². The number of nitrogens with one attached hydrogen (secondary N) is 1. The number of rotatable bonds is 6. The van der Waals surface area contributed by atoms with E-state index in [2.05, 4.69) is 16.4 Å². The molecule has 1 aromatic carbocycles. The van der Waals surface area contributed by atoms with Crippen LogP contribution in [0.1, 0.15) is 18.9 Å². The molecule has 4 heteroatoms. The summed E-state index contributed by atoms with van der Waals surface area (Å²) >= 11 is 0. The van der Waals surface area contributed by atoms with Gasteiger partial charge in [0, 0.05) is 23.5 Å². The molecular weight excluding hydrogens is 240 g/mol. The molecule has 0 aliphatic rings. The molecule has 1 heterocycles. The van der Waals surface area contributed by atoms with Crippen molar-refractivity contribution in [2.24, 2.45) is 0 Å². The van der Waals surface area contributed by atoms with E-state index in [4.69, 9.17) is 4.74 Å². The van der Waals surface area contributed by atoms with E-state index >= 15 is 0 Å². The first-order chi connectivity index (χ1) is 9.28.